The third-order valence-corrected chi connectivity index (χ3v) is 5.34. The molecule has 4 aromatic rings. The molecule has 0 bridgehead atoms. The predicted octanol–water partition coefficient (Wildman–Crippen LogP) is 6.62. The Morgan fingerprint density at radius 3 is 2.39 bits per heavy atom. The third kappa shape index (κ3) is 5.84. The molecule has 0 unspecified atom stereocenters. The number of benzene rings is 4. The van der Waals surface area contributed by atoms with Gasteiger partial charge in [-0.25, -0.2) is 4.39 Å². The number of ether oxygens (including phenoxy) is 1. The van der Waals surface area contributed by atoms with Gasteiger partial charge in [-0.1, -0.05) is 78.4 Å². The summed E-state index contributed by atoms with van der Waals surface area (Å²) in [6, 6.07) is 27.8. The molecule has 0 aliphatic heterocycles. The largest absolute Gasteiger partial charge is 0.489 e. The van der Waals surface area contributed by atoms with Gasteiger partial charge in [-0.05, 0) is 53.9 Å². The molecule has 0 amide bonds. The number of fused-ring (bicyclic) bond motifs is 1. The van der Waals surface area contributed by atoms with Gasteiger partial charge in [0, 0.05) is 12.1 Å². The molecular weight excluding hydrogens is 409 g/mol. The van der Waals surface area contributed by atoms with Crippen molar-refractivity contribution in [3.05, 3.63) is 113 Å². The SMILES string of the molecule is Cc1ccc(COc2ccc3ccccc3c2CNCCc2ccccc2F)cc1.Cl. The molecule has 1 N–H and O–H groups in total. The fourth-order valence-electron chi connectivity index (χ4n) is 3.62. The molecule has 31 heavy (non-hydrogen) atoms. The summed E-state index contributed by atoms with van der Waals surface area (Å²) in [5, 5.41) is 5.83. The zero-order valence-electron chi connectivity index (χ0n) is 17.6. The van der Waals surface area contributed by atoms with Crippen LogP contribution >= 0.6 is 12.4 Å². The number of halogens is 2. The average Bonchev–Trinajstić information content (AvgIpc) is 2.78. The van der Waals surface area contributed by atoms with E-state index in [0.717, 1.165) is 22.4 Å². The van der Waals surface area contributed by atoms with Crippen molar-refractivity contribution < 1.29 is 9.13 Å². The van der Waals surface area contributed by atoms with Gasteiger partial charge in [0.1, 0.15) is 18.2 Å². The Morgan fingerprint density at radius 1 is 0.839 bits per heavy atom. The smallest absolute Gasteiger partial charge is 0.126 e. The summed E-state index contributed by atoms with van der Waals surface area (Å²) in [7, 11) is 0. The third-order valence-electron chi connectivity index (χ3n) is 5.34. The summed E-state index contributed by atoms with van der Waals surface area (Å²) in [6.07, 6.45) is 0.650. The normalized spacial score (nSPS) is 10.6. The van der Waals surface area contributed by atoms with E-state index in [9.17, 15) is 4.39 Å². The lowest BCUT2D eigenvalue weighted by Crippen LogP contribution is -2.18. The van der Waals surface area contributed by atoms with Gasteiger partial charge >= 0.3 is 0 Å². The predicted molar refractivity (Wildman–Crippen MR) is 129 cm³/mol. The summed E-state index contributed by atoms with van der Waals surface area (Å²) in [6.45, 7) is 3.97. The second kappa shape index (κ2) is 10.9. The Labute approximate surface area is 189 Å². The number of hydrogen-bond acceptors (Lipinski definition) is 2. The van der Waals surface area contributed by atoms with E-state index >= 15 is 0 Å². The van der Waals surface area contributed by atoms with Crippen molar-refractivity contribution in [1.29, 1.82) is 0 Å². The number of nitrogens with one attached hydrogen (secondary N) is 1. The molecule has 0 saturated carbocycles. The lowest BCUT2D eigenvalue weighted by Gasteiger charge is -2.15. The van der Waals surface area contributed by atoms with Crippen molar-refractivity contribution in [3.8, 4) is 5.75 Å². The summed E-state index contributed by atoms with van der Waals surface area (Å²) >= 11 is 0. The van der Waals surface area contributed by atoms with Crippen LogP contribution in [0.4, 0.5) is 4.39 Å². The Morgan fingerprint density at radius 2 is 1.58 bits per heavy atom. The quantitative estimate of drug-likeness (QED) is 0.314. The maximum absolute atomic E-state index is 13.9. The average molecular weight is 436 g/mol. The Balaban J connectivity index is 0.00000272. The summed E-state index contributed by atoms with van der Waals surface area (Å²) in [5.41, 5.74) is 4.25. The molecule has 0 atom stereocenters. The standard InChI is InChI=1S/C27H26FNO.ClH/c1-20-10-12-21(13-11-20)19-30-27-15-14-22-6-2-4-8-24(22)25(27)18-29-17-16-23-7-3-5-9-26(23)28;/h2-15,29H,16-19H2,1H3;1H. The van der Waals surface area contributed by atoms with Gasteiger partial charge in [-0.3, -0.25) is 0 Å². The Kier molecular flexibility index (Phi) is 8.05. The number of rotatable bonds is 8. The molecule has 0 aromatic heterocycles. The molecule has 0 spiro atoms. The van der Waals surface area contributed by atoms with Crippen LogP contribution in [0.2, 0.25) is 0 Å². The van der Waals surface area contributed by atoms with E-state index < -0.39 is 0 Å². The van der Waals surface area contributed by atoms with Gasteiger partial charge < -0.3 is 10.1 Å². The minimum Gasteiger partial charge on any atom is -0.489 e. The van der Waals surface area contributed by atoms with Gasteiger partial charge in [-0.2, -0.15) is 0 Å². The lowest BCUT2D eigenvalue weighted by atomic mass is 10.0. The fraction of sp³-hybridized carbons (Fsp3) is 0.185. The zero-order valence-corrected chi connectivity index (χ0v) is 18.4. The summed E-state index contributed by atoms with van der Waals surface area (Å²) < 4.78 is 20.1. The molecule has 0 heterocycles. The van der Waals surface area contributed by atoms with Crippen LogP contribution in [0.15, 0.2) is 84.9 Å². The molecule has 160 valence electrons. The van der Waals surface area contributed by atoms with Crippen LogP contribution < -0.4 is 10.1 Å². The van der Waals surface area contributed by atoms with E-state index in [1.54, 1.807) is 6.07 Å². The molecule has 4 rings (SSSR count). The molecule has 0 saturated heterocycles. The molecule has 0 aliphatic carbocycles. The maximum atomic E-state index is 13.9. The second-order valence-corrected chi connectivity index (χ2v) is 7.56. The highest BCUT2D eigenvalue weighted by molar-refractivity contribution is 5.87. The van der Waals surface area contributed by atoms with Crippen LogP contribution in [-0.4, -0.2) is 6.54 Å². The fourth-order valence-corrected chi connectivity index (χ4v) is 3.62. The van der Waals surface area contributed by atoms with E-state index in [2.05, 4.69) is 60.8 Å². The van der Waals surface area contributed by atoms with Crippen molar-refractivity contribution in [2.45, 2.75) is 26.5 Å². The molecule has 4 aromatic carbocycles. The number of aryl methyl sites for hydroxylation is 1. The first-order valence-corrected chi connectivity index (χ1v) is 10.3. The second-order valence-electron chi connectivity index (χ2n) is 7.56. The first-order valence-electron chi connectivity index (χ1n) is 10.3. The minimum atomic E-state index is -0.147. The molecule has 0 radical (unpaired) electrons. The highest BCUT2D eigenvalue weighted by Gasteiger charge is 2.10. The zero-order chi connectivity index (χ0) is 20.8. The number of hydrogen-bond donors (Lipinski definition) is 1. The van der Waals surface area contributed by atoms with Crippen LogP contribution in [-0.2, 0) is 19.6 Å². The van der Waals surface area contributed by atoms with Crippen LogP contribution in [0.1, 0.15) is 22.3 Å². The highest BCUT2D eigenvalue weighted by Crippen LogP contribution is 2.29. The first kappa shape index (κ1) is 22.8. The topological polar surface area (TPSA) is 21.3 Å². The van der Waals surface area contributed by atoms with E-state index in [0.29, 0.717) is 26.1 Å². The summed E-state index contributed by atoms with van der Waals surface area (Å²) in [4.78, 5) is 0. The van der Waals surface area contributed by atoms with Crippen LogP contribution in [0.25, 0.3) is 10.8 Å². The van der Waals surface area contributed by atoms with Crippen LogP contribution in [0, 0.1) is 12.7 Å². The van der Waals surface area contributed by atoms with Gasteiger partial charge in [0.2, 0.25) is 0 Å². The highest BCUT2D eigenvalue weighted by atomic mass is 35.5. The molecule has 2 nitrogen and oxygen atoms in total. The van der Waals surface area contributed by atoms with E-state index in [4.69, 9.17) is 4.74 Å². The van der Waals surface area contributed by atoms with Crippen LogP contribution in [0.5, 0.6) is 5.75 Å². The minimum absolute atomic E-state index is 0. The van der Waals surface area contributed by atoms with E-state index in [-0.39, 0.29) is 18.2 Å². The van der Waals surface area contributed by atoms with Crippen molar-refractivity contribution >= 4 is 23.2 Å². The van der Waals surface area contributed by atoms with Crippen LogP contribution in [0.3, 0.4) is 0 Å². The molecule has 4 heteroatoms. The molecular formula is C27H27ClFNO. The van der Waals surface area contributed by atoms with Gasteiger partial charge in [0.15, 0.2) is 0 Å². The first-order chi connectivity index (χ1) is 14.7. The van der Waals surface area contributed by atoms with Gasteiger partial charge in [0.05, 0.1) is 0 Å². The monoisotopic (exact) mass is 435 g/mol. The molecule has 0 fully saturated rings. The van der Waals surface area contributed by atoms with Crippen molar-refractivity contribution in [3.63, 3.8) is 0 Å². The van der Waals surface area contributed by atoms with Crippen molar-refractivity contribution in [1.82, 2.24) is 5.32 Å². The van der Waals surface area contributed by atoms with E-state index in [1.165, 1.54) is 22.4 Å². The Bertz CT molecular complexity index is 1130. The maximum Gasteiger partial charge on any atom is 0.126 e. The van der Waals surface area contributed by atoms with Crippen molar-refractivity contribution in [2.75, 3.05) is 6.54 Å². The summed E-state index contributed by atoms with van der Waals surface area (Å²) in [5.74, 6) is 0.735. The van der Waals surface area contributed by atoms with Gasteiger partial charge in [0.25, 0.3) is 0 Å². The molecule has 0 aliphatic rings. The Hall–Kier alpha value is -2.88. The van der Waals surface area contributed by atoms with Crippen molar-refractivity contribution in [2.24, 2.45) is 0 Å². The van der Waals surface area contributed by atoms with Gasteiger partial charge in [-0.15, -0.1) is 12.4 Å². The lowest BCUT2D eigenvalue weighted by molar-refractivity contribution is 0.303. The van der Waals surface area contributed by atoms with E-state index in [1.807, 2.05) is 24.3 Å².